The van der Waals surface area contributed by atoms with Crippen LogP contribution in [-0.2, 0) is 28.4 Å². The summed E-state index contributed by atoms with van der Waals surface area (Å²) in [7, 11) is -0.661. The number of hydrogen-bond donors (Lipinski definition) is 0. The first kappa shape index (κ1) is 21.7. The minimum Gasteiger partial charge on any atom is -0.461 e. The molecule has 0 saturated carbocycles. The summed E-state index contributed by atoms with van der Waals surface area (Å²) in [5.41, 5.74) is 1.24. The molecule has 142 valence electrons. The SMILES string of the molecule is CCCC/C(C)=C/CB1O[C@@H](C(=O)OC(C)C)[C@H](C(=O)OC(C)C)O1. The molecule has 7 heteroatoms. The Morgan fingerprint density at radius 3 is 1.92 bits per heavy atom. The fourth-order valence-corrected chi connectivity index (χ4v) is 2.43. The fourth-order valence-electron chi connectivity index (χ4n) is 2.43. The normalized spacial score (nSPS) is 21.1. The topological polar surface area (TPSA) is 71.1 Å². The molecule has 0 amide bonds. The van der Waals surface area contributed by atoms with E-state index in [0.29, 0.717) is 6.32 Å². The summed E-state index contributed by atoms with van der Waals surface area (Å²) >= 11 is 0. The zero-order valence-corrected chi connectivity index (χ0v) is 16.2. The van der Waals surface area contributed by atoms with Crippen LogP contribution in [-0.4, -0.2) is 43.5 Å². The van der Waals surface area contributed by atoms with Crippen LogP contribution in [0.15, 0.2) is 11.6 Å². The molecule has 0 spiro atoms. The fraction of sp³-hybridized carbons (Fsp3) is 0.778. The molecule has 1 heterocycles. The van der Waals surface area contributed by atoms with Crippen LogP contribution in [0.2, 0.25) is 6.32 Å². The maximum absolute atomic E-state index is 12.2. The van der Waals surface area contributed by atoms with Gasteiger partial charge in [0.2, 0.25) is 0 Å². The van der Waals surface area contributed by atoms with Crippen LogP contribution in [0, 0.1) is 0 Å². The first-order valence-electron chi connectivity index (χ1n) is 9.12. The largest absolute Gasteiger partial charge is 0.462 e. The quantitative estimate of drug-likeness (QED) is 0.359. The van der Waals surface area contributed by atoms with E-state index >= 15 is 0 Å². The molecule has 6 nitrogen and oxygen atoms in total. The summed E-state index contributed by atoms with van der Waals surface area (Å²) < 4.78 is 21.7. The second-order valence-electron chi connectivity index (χ2n) is 6.90. The first-order valence-corrected chi connectivity index (χ1v) is 9.12. The number of allylic oxidation sites excluding steroid dienone is 2. The minimum absolute atomic E-state index is 0.298. The Morgan fingerprint density at radius 2 is 1.52 bits per heavy atom. The second-order valence-corrected chi connectivity index (χ2v) is 6.90. The van der Waals surface area contributed by atoms with Crippen LogP contribution in [0.4, 0.5) is 0 Å². The summed E-state index contributed by atoms with van der Waals surface area (Å²) in [4.78, 5) is 24.5. The van der Waals surface area contributed by atoms with Gasteiger partial charge in [-0.2, -0.15) is 0 Å². The lowest BCUT2D eigenvalue weighted by Gasteiger charge is -2.18. The van der Waals surface area contributed by atoms with E-state index in [-0.39, 0.29) is 12.2 Å². The highest BCUT2D eigenvalue weighted by molar-refractivity contribution is 6.46. The van der Waals surface area contributed by atoms with Gasteiger partial charge in [0.25, 0.3) is 0 Å². The molecule has 1 aliphatic rings. The van der Waals surface area contributed by atoms with Gasteiger partial charge in [-0.15, -0.1) is 0 Å². The highest BCUT2D eigenvalue weighted by atomic mass is 16.7. The molecule has 25 heavy (non-hydrogen) atoms. The van der Waals surface area contributed by atoms with Gasteiger partial charge < -0.3 is 18.8 Å². The molecule has 0 bridgehead atoms. The van der Waals surface area contributed by atoms with E-state index in [1.807, 2.05) is 6.08 Å². The maximum atomic E-state index is 12.2. The van der Waals surface area contributed by atoms with Crippen LogP contribution in [0.5, 0.6) is 0 Å². The van der Waals surface area contributed by atoms with E-state index in [1.54, 1.807) is 27.7 Å². The highest BCUT2D eigenvalue weighted by Gasteiger charge is 2.49. The molecular formula is C18H31BO6. The molecule has 0 aromatic carbocycles. The van der Waals surface area contributed by atoms with Crippen LogP contribution in [0.3, 0.4) is 0 Å². The van der Waals surface area contributed by atoms with Crippen LogP contribution in [0.25, 0.3) is 0 Å². The third kappa shape index (κ3) is 7.61. The van der Waals surface area contributed by atoms with Crippen molar-refractivity contribution in [3.8, 4) is 0 Å². The molecule has 0 N–H and O–H groups in total. The van der Waals surface area contributed by atoms with Gasteiger partial charge in [0, 0.05) is 6.32 Å². The lowest BCUT2D eigenvalue weighted by Crippen LogP contribution is -2.40. The molecule has 0 unspecified atom stereocenters. The van der Waals surface area contributed by atoms with Crippen molar-refractivity contribution in [1.29, 1.82) is 0 Å². The lowest BCUT2D eigenvalue weighted by molar-refractivity contribution is -0.167. The summed E-state index contributed by atoms with van der Waals surface area (Å²) in [6.07, 6.45) is 3.00. The van der Waals surface area contributed by atoms with E-state index in [9.17, 15) is 9.59 Å². The lowest BCUT2D eigenvalue weighted by atomic mass is 9.84. The van der Waals surface area contributed by atoms with Crippen molar-refractivity contribution < 1.29 is 28.4 Å². The van der Waals surface area contributed by atoms with Gasteiger partial charge in [-0.05, 0) is 47.5 Å². The Hall–Kier alpha value is -1.34. The molecule has 0 radical (unpaired) electrons. The molecule has 1 aliphatic heterocycles. The third-order valence-electron chi connectivity index (χ3n) is 3.62. The molecule has 1 saturated heterocycles. The average Bonchev–Trinajstić information content (AvgIpc) is 2.94. The Morgan fingerprint density at radius 1 is 1.04 bits per heavy atom. The van der Waals surface area contributed by atoms with Crippen molar-refractivity contribution in [3.63, 3.8) is 0 Å². The zero-order chi connectivity index (χ0) is 19.0. The Bertz CT molecular complexity index is 444. The zero-order valence-electron chi connectivity index (χ0n) is 16.2. The number of hydrogen-bond acceptors (Lipinski definition) is 6. The highest BCUT2D eigenvalue weighted by Crippen LogP contribution is 2.23. The second kappa shape index (κ2) is 10.6. The van der Waals surface area contributed by atoms with Gasteiger partial charge in [-0.25, -0.2) is 9.59 Å². The number of unbranched alkanes of at least 4 members (excludes halogenated alkanes) is 1. The Kier molecular flexibility index (Phi) is 9.21. The number of rotatable bonds is 9. The van der Waals surface area contributed by atoms with Gasteiger partial charge in [0.05, 0.1) is 12.2 Å². The van der Waals surface area contributed by atoms with Crippen molar-refractivity contribution >= 4 is 19.1 Å². The van der Waals surface area contributed by atoms with E-state index < -0.39 is 31.3 Å². The average molecular weight is 354 g/mol. The third-order valence-corrected chi connectivity index (χ3v) is 3.62. The van der Waals surface area contributed by atoms with Crippen molar-refractivity contribution in [2.45, 2.75) is 91.5 Å². The van der Waals surface area contributed by atoms with Gasteiger partial charge in [-0.1, -0.05) is 25.0 Å². The molecule has 1 fully saturated rings. The van der Waals surface area contributed by atoms with E-state index in [1.165, 1.54) is 5.57 Å². The predicted octanol–water partition coefficient (Wildman–Crippen LogP) is 3.30. The van der Waals surface area contributed by atoms with Crippen LogP contribution in [0.1, 0.15) is 60.8 Å². The number of carbonyl (C=O) groups excluding carboxylic acids is 2. The summed E-state index contributed by atoms with van der Waals surface area (Å²) in [5, 5.41) is 0. The maximum Gasteiger partial charge on any atom is 0.462 e. The van der Waals surface area contributed by atoms with Crippen molar-refractivity contribution in [1.82, 2.24) is 0 Å². The number of ether oxygens (including phenoxy) is 2. The van der Waals surface area contributed by atoms with E-state index in [0.717, 1.165) is 19.3 Å². The Labute approximate surface area is 151 Å². The predicted molar refractivity (Wildman–Crippen MR) is 96.0 cm³/mol. The van der Waals surface area contributed by atoms with Crippen LogP contribution >= 0.6 is 0 Å². The monoisotopic (exact) mass is 354 g/mol. The Balaban J connectivity index is 2.75. The molecule has 0 aromatic heterocycles. The van der Waals surface area contributed by atoms with Gasteiger partial charge >= 0.3 is 19.1 Å². The van der Waals surface area contributed by atoms with Crippen molar-refractivity contribution in [2.75, 3.05) is 0 Å². The first-order chi connectivity index (χ1) is 11.7. The summed E-state index contributed by atoms with van der Waals surface area (Å²) in [6, 6.07) is 0. The molecular weight excluding hydrogens is 323 g/mol. The smallest absolute Gasteiger partial charge is 0.461 e. The molecule has 0 aromatic rings. The van der Waals surface area contributed by atoms with Crippen molar-refractivity contribution in [3.05, 3.63) is 11.6 Å². The van der Waals surface area contributed by atoms with E-state index in [2.05, 4.69) is 13.8 Å². The minimum atomic E-state index is -1.09. The van der Waals surface area contributed by atoms with Crippen LogP contribution < -0.4 is 0 Å². The summed E-state index contributed by atoms with van der Waals surface area (Å²) in [6.45, 7) is 11.2. The molecule has 2 atom stereocenters. The van der Waals surface area contributed by atoms with E-state index in [4.69, 9.17) is 18.8 Å². The summed E-state index contributed by atoms with van der Waals surface area (Å²) in [5.74, 6) is -1.20. The number of carbonyl (C=O) groups is 2. The van der Waals surface area contributed by atoms with Gasteiger partial charge in [0.15, 0.2) is 12.2 Å². The molecule has 0 aliphatic carbocycles. The van der Waals surface area contributed by atoms with Gasteiger partial charge in [-0.3, -0.25) is 0 Å². The van der Waals surface area contributed by atoms with Crippen molar-refractivity contribution in [2.24, 2.45) is 0 Å². The number of esters is 2. The molecule has 1 rings (SSSR count). The standard InChI is InChI=1S/C18H31BO6/c1-7-8-9-14(6)10-11-19-24-15(17(20)22-12(2)3)16(25-19)18(21)23-13(4)5/h10,12-13,15-16H,7-9,11H2,1-6H3/b14-10+/t15-,16-/m1/s1. The van der Waals surface area contributed by atoms with Gasteiger partial charge in [0.1, 0.15) is 0 Å².